The van der Waals surface area contributed by atoms with Gasteiger partial charge in [-0.2, -0.15) is 4.31 Å². The zero-order valence-corrected chi connectivity index (χ0v) is 25.3. The molecule has 0 spiro atoms. The van der Waals surface area contributed by atoms with Crippen LogP contribution in [0.1, 0.15) is 63.4 Å². The van der Waals surface area contributed by atoms with E-state index in [1.807, 2.05) is 18.2 Å². The number of hydrogen-bond donors (Lipinski definition) is 3. The molecule has 0 unspecified atom stereocenters. The van der Waals surface area contributed by atoms with Gasteiger partial charge in [0.2, 0.25) is 15.9 Å². The molecule has 0 saturated carbocycles. The second kappa shape index (κ2) is 12.7. The van der Waals surface area contributed by atoms with Crippen molar-refractivity contribution in [2.24, 2.45) is 5.92 Å². The first-order valence-corrected chi connectivity index (χ1v) is 16.3. The number of hydrogen-bond acceptors (Lipinski definition) is 7. The van der Waals surface area contributed by atoms with Gasteiger partial charge in [0.15, 0.2) is 0 Å². The van der Waals surface area contributed by atoms with Crippen molar-refractivity contribution in [1.29, 1.82) is 0 Å². The van der Waals surface area contributed by atoms with Crippen LogP contribution in [0.2, 0.25) is 0 Å². The molecule has 2 aliphatic heterocycles. The van der Waals surface area contributed by atoms with E-state index in [-0.39, 0.29) is 10.5 Å². The van der Waals surface area contributed by atoms with Crippen molar-refractivity contribution in [1.82, 2.24) is 20.1 Å². The van der Waals surface area contributed by atoms with Crippen LogP contribution >= 0.6 is 11.3 Å². The second-order valence-corrected chi connectivity index (χ2v) is 13.9. The highest BCUT2D eigenvalue weighted by Gasteiger charge is 2.30. The number of rotatable bonds is 7. The van der Waals surface area contributed by atoms with Crippen molar-refractivity contribution >= 4 is 44.1 Å². The summed E-state index contributed by atoms with van der Waals surface area (Å²) < 4.78 is 27.7. The van der Waals surface area contributed by atoms with Gasteiger partial charge in [0.25, 0.3) is 11.8 Å². The van der Waals surface area contributed by atoms with Crippen LogP contribution in [0, 0.1) is 5.92 Å². The van der Waals surface area contributed by atoms with Crippen molar-refractivity contribution in [3.63, 3.8) is 0 Å². The molecule has 0 atom stereocenters. The maximum absolute atomic E-state index is 13.3. The molecule has 0 bridgehead atoms. The first-order chi connectivity index (χ1) is 20.1. The molecule has 2 aromatic carbocycles. The maximum atomic E-state index is 13.3. The molecule has 1 saturated heterocycles. The fraction of sp³-hybridized carbons (Fsp3) is 0.367. The Kier molecular flexibility index (Phi) is 9.07. The number of nitrogens with one attached hydrogen (secondary N) is 3. The van der Waals surface area contributed by atoms with Crippen LogP contribution in [0.15, 0.2) is 59.5 Å². The van der Waals surface area contributed by atoms with Gasteiger partial charge >= 0.3 is 0 Å². The molecule has 12 heteroatoms. The summed E-state index contributed by atoms with van der Waals surface area (Å²) in [5, 5.41) is 3.25. The minimum atomic E-state index is -3.64. The van der Waals surface area contributed by atoms with Crippen molar-refractivity contribution in [3.05, 3.63) is 81.7 Å². The lowest BCUT2D eigenvalue weighted by Crippen LogP contribution is -2.41. The summed E-state index contributed by atoms with van der Waals surface area (Å²) in [6, 6.07) is 16.0. The predicted molar refractivity (Wildman–Crippen MR) is 161 cm³/mol. The van der Waals surface area contributed by atoms with Crippen LogP contribution in [0.25, 0.3) is 0 Å². The van der Waals surface area contributed by atoms with Crippen LogP contribution in [0.5, 0.6) is 0 Å². The molecular weight excluding hydrogens is 574 g/mol. The lowest BCUT2D eigenvalue weighted by molar-refractivity contribution is -0.119. The summed E-state index contributed by atoms with van der Waals surface area (Å²) in [5.41, 5.74) is 7.39. The van der Waals surface area contributed by atoms with Gasteiger partial charge in [-0.25, -0.2) is 8.42 Å². The third-order valence-electron chi connectivity index (χ3n) is 7.69. The van der Waals surface area contributed by atoms with E-state index < -0.39 is 27.7 Å². The minimum Gasteiger partial charge on any atom is -0.313 e. The summed E-state index contributed by atoms with van der Waals surface area (Å²) >= 11 is 1.34. The fourth-order valence-corrected chi connectivity index (χ4v) is 8.05. The Bertz CT molecular complexity index is 1560. The number of fused-ring (bicyclic) bond motifs is 1. The molecule has 2 aliphatic rings. The Morgan fingerprint density at radius 3 is 2.29 bits per heavy atom. The van der Waals surface area contributed by atoms with Gasteiger partial charge in [0.1, 0.15) is 5.00 Å². The Hall–Kier alpha value is -3.58. The molecule has 3 heterocycles. The van der Waals surface area contributed by atoms with Gasteiger partial charge in [0.05, 0.1) is 10.5 Å². The average molecular weight is 610 g/mol. The van der Waals surface area contributed by atoms with E-state index in [0.29, 0.717) is 42.5 Å². The number of carbonyl (C=O) groups excluding carboxylic acids is 3. The monoisotopic (exact) mass is 609 g/mol. The normalized spacial score (nSPS) is 16.4. The smallest absolute Gasteiger partial charge is 0.272 e. The van der Waals surface area contributed by atoms with Crippen LogP contribution in [0.3, 0.4) is 0 Å². The number of thiophene rings is 1. The van der Waals surface area contributed by atoms with Gasteiger partial charge in [-0.15, -0.1) is 11.3 Å². The van der Waals surface area contributed by atoms with Crippen LogP contribution < -0.4 is 16.2 Å². The number of nitrogens with zero attached hydrogens (tertiary/aromatic N) is 2. The van der Waals surface area contributed by atoms with E-state index in [1.165, 1.54) is 52.4 Å². The lowest BCUT2D eigenvalue weighted by Gasteiger charge is -2.29. The number of hydrazine groups is 1. The summed E-state index contributed by atoms with van der Waals surface area (Å²) in [7, 11) is -3.64. The topological polar surface area (TPSA) is 128 Å². The largest absolute Gasteiger partial charge is 0.313 e. The molecule has 0 aliphatic carbocycles. The van der Waals surface area contributed by atoms with Crippen molar-refractivity contribution < 1.29 is 22.8 Å². The van der Waals surface area contributed by atoms with Gasteiger partial charge in [0, 0.05) is 50.1 Å². The number of benzene rings is 2. The van der Waals surface area contributed by atoms with E-state index in [9.17, 15) is 22.8 Å². The fourth-order valence-electron chi connectivity index (χ4n) is 5.30. The maximum Gasteiger partial charge on any atom is 0.272 e. The summed E-state index contributed by atoms with van der Waals surface area (Å²) in [5.74, 6) is -0.880. The number of anilines is 1. The van der Waals surface area contributed by atoms with E-state index in [1.54, 1.807) is 0 Å². The van der Waals surface area contributed by atoms with Crippen LogP contribution in [-0.4, -0.2) is 55.0 Å². The average Bonchev–Trinajstić information content (AvgIpc) is 3.33. The third-order valence-corrected chi connectivity index (χ3v) is 10.7. The quantitative estimate of drug-likeness (QED) is 0.350. The van der Waals surface area contributed by atoms with Crippen molar-refractivity contribution in [2.75, 3.05) is 25.0 Å². The molecule has 1 fully saturated rings. The van der Waals surface area contributed by atoms with Crippen LogP contribution in [0.4, 0.5) is 5.00 Å². The first kappa shape index (κ1) is 29.9. The molecule has 1 aromatic heterocycles. The van der Waals surface area contributed by atoms with Crippen molar-refractivity contribution in [3.8, 4) is 0 Å². The highest BCUT2D eigenvalue weighted by atomic mass is 32.2. The number of carbonyl (C=O) groups is 3. The van der Waals surface area contributed by atoms with E-state index in [2.05, 4.69) is 40.1 Å². The van der Waals surface area contributed by atoms with Gasteiger partial charge in [-0.05, 0) is 60.6 Å². The Balaban J connectivity index is 1.35. The first-order valence-electron chi connectivity index (χ1n) is 14.0. The van der Waals surface area contributed by atoms with Crippen molar-refractivity contribution in [2.45, 2.75) is 51.1 Å². The van der Waals surface area contributed by atoms with E-state index in [0.717, 1.165) is 36.4 Å². The molecule has 3 amide bonds. The SMILES string of the molecule is CC(=O)NNC(=O)c1c(NC(=O)c2ccc(S(=O)(=O)N3CCC(C)CC3)cc2)sc2c1CCN(Cc1ccccc1)C2. The molecule has 5 rings (SSSR count). The minimum absolute atomic E-state index is 0.147. The number of sulfonamides is 1. The zero-order valence-electron chi connectivity index (χ0n) is 23.7. The highest BCUT2D eigenvalue weighted by molar-refractivity contribution is 7.89. The van der Waals surface area contributed by atoms with Crippen LogP contribution in [-0.2, 0) is 34.3 Å². The molecule has 10 nitrogen and oxygen atoms in total. The summed E-state index contributed by atoms with van der Waals surface area (Å²) in [6.07, 6.45) is 2.26. The predicted octanol–water partition coefficient (Wildman–Crippen LogP) is 3.76. The Labute approximate surface area is 250 Å². The Morgan fingerprint density at radius 1 is 0.929 bits per heavy atom. The van der Waals surface area contributed by atoms with Gasteiger partial charge in [-0.3, -0.25) is 30.1 Å². The lowest BCUT2D eigenvalue weighted by atomic mass is 10.0. The number of amides is 3. The number of piperidine rings is 1. The molecule has 3 N–H and O–H groups in total. The highest BCUT2D eigenvalue weighted by Crippen LogP contribution is 2.38. The molecular formula is C30H35N5O5S2. The summed E-state index contributed by atoms with van der Waals surface area (Å²) in [4.78, 5) is 41.3. The molecule has 42 heavy (non-hydrogen) atoms. The zero-order chi connectivity index (χ0) is 29.9. The van der Waals surface area contributed by atoms with Gasteiger partial charge in [-0.1, -0.05) is 37.3 Å². The summed E-state index contributed by atoms with van der Waals surface area (Å²) in [6.45, 7) is 6.51. The molecule has 0 radical (unpaired) electrons. The molecule has 3 aromatic rings. The second-order valence-electron chi connectivity index (χ2n) is 10.9. The Morgan fingerprint density at radius 2 is 1.62 bits per heavy atom. The molecule has 222 valence electrons. The third kappa shape index (κ3) is 6.73. The van der Waals surface area contributed by atoms with Gasteiger partial charge < -0.3 is 5.32 Å². The standard InChI is InChI=1S/C30H35N5O5S2/c1-20-12-16-35(17-13-20)42(39,40)24-10-8-23(9-11-24)28(37)31-30-27(29(38)33-32-21(2)36)25-14-15-34(19-26(25)41-30)18-22-6-4-3-5-7-22/h3-11,20H,12-19H2,1-2H3,(H,31,37)(H,32,36)(H,33,38). The van der Waals surface area contributed by atoms with E-state index >= 15 is 0 Å². The van der Waals surface area contributed by atoms with E-state index in [4.69, 9.17) is 0 Å².